The third-order valence-corrected chi connectivity index (χ3v) is 1.21. The molecular formula is C7H12NO2. The monoisotopic (exact) mass is 142 g/mol. The largest absolute Gasteiger partial charge is 0.265 e. The van der Waals surface area contributed by atoms with E-state index in [-0.39, 0.29) is 11.5 Å². The van der Waals surface area contributed by atoms with Gasteiger partial charge in [-0.2, -0.15) is 0 Å². The average Bonchev–Trinajstić information content (AvgIpc) is 1.87. The van der Waals surface area contributed by atoms with Gasteiger partial charge in [0.25, 0.3) is 0 Å². The van der Waals surface area contributed by atoms with Crippen molar-refractivity contribution in [2.75, 3.05) is 6.54 Å². The zero-order chi connectivity index (χ0) is 7.82. The van der Waals surface area contributed by atoms with Crippen LogP contribution in [0, 0.1) is 16.7 Å². The number of hydrogen-bond acceptors (Lipinski definition) is 2. The fraction of sp³-hybridized carbons (Fsp3) is 0.714. The van der Waals surface area contributed by atoms with Gasteiger partial charge in [0.1, 0.15) is 0 Å². The molecule has 0 aromatic heterocycles. The predicted octanol–water partition coefficient (Wildman–Crippen LogP) is 1.81. The lowest BCUT2D eigenvalue weighted by Gasteiger charge is -1.92. The smallest absolute Gasteiger partial charge is 0.203 e. The summed E-state index contributed by atoms with van der Waals surface area (Å²) in [6.45, 7) is 5.20. The first-order valence-electron chi connectivity index (χ1n) is 3.42. The zero-order valence-corrected chi connectivity index (χ0v) is 5.95. The molecule has 1 radical (unpaired) electrons. The van der Waals surface area contributed by atoms with E-state index in [4.69, 9.17) is 6.58 Å². The molecular weight excluding hydrogens is 130 g/mol. The maximum Gasteiger partial charge on any atom is 0.203 e. The van der Waals surface area contributed by atoms with Crippen molar-refractivity contribution >= 4 is 0 Å². The Labute approximate surface area is 60.9 Å². The lowest BCUT2D eigenvalue weighted by Crippen LogP contribution is -1.99. The van der Waals surface area contributed by atoms with Crippen LogP contribution in [-0.2, 0) is 0 Å². The second-order valence-electron chi connectivity index (χ2n) is 2.14. The Balaban J connectivity index is 2.90. The van der Waals surface area contributed by atoms with E-state index in [1.165, 1.54) is 0 Å². The minimum absolute atomic E-state index is 0.0879. The number of unbranched alkanes of at least 4 members (excludes halogenated alkanes) is 3. The van der Waals surface area contributed by atoms with Gasteiger partial charge in [-0.05, 0) is 19.3 Å². The Morgan fingerprint density at radius 1 is 1.40 bits per heavy atom. The summed E-state index contributed by atoms with van der Waals surface area (Å²) in [5.74, 6) is 0. The number of allylic oxidation sites excluding steroid dienone is 1. The van der Waals surface area contributed by atoms with Crippen molar-refractivity contribution in [1.29, 1.82) is 0 Å². The van der Waals surface area contributed by atoms with E-state index in [9.17, 15) is 10.1 Å². The first kappa shape index (κ1) is 9.14. The highest BCUT2D eigenvalue weighted by atomic mass is 16.6. The van der Waals surface area contributed by atoms with Gasteiger partial charge in [-0.1, -0.05) is 12.7 Å². The van der Waals surface area contributed by atoms with Crippen molar-refractivity contribution in [1.82, 2.24) is 0 Å². The first-order valence-corrected chi connectivity index (χ1v) is 3.42. The molecule has 0 saturated heterocycles. The van der Waals surface area contributed by atoms with Crippen molar-refractivity contribution in [2.45, 2.75) is 25.7 Å². The number of rotatable bonds is 6. The molecule has 0 atom stereocenters. The third kappa shape index (κ3) is 7.14. The molecule has 0 rings (SSSR count). The molecule has 10 heavy (non-hydrogen) atoms. The van der Waals surface area contributed by atoms with Crippen LogP contribution in [-0.4, -0.2) is 11.5 Å². The summed E-state index contributed by atoms with van der Waals surface area (Å²) in [5, 5.41) is 9.81. The highest BCUT2D eigenvalue weighted by Gasteiger charge is 1.94. The van der Waals surface area contributed by atoms with Gasteiger partial charge in [0.2, 0.25) is 6.54 Å². The molecule has 0 spiro atoms. The van der Waals surface area contributed by atoms with Gasteiger partial charge >= 0.3 is 0 Å². The fourth-order valence-corrected chi connectivity index (χ4v) is 0.680. The second kappa shape index (κ2) is 6.26. The molecule has 0 aromatic rings. The summed E-state index contributed by atoms with van der Waals surface area (Å²) in [7, 11) is 0. The van der Waals surface area contributed by atoms with Crippen LogP contribution >= 0.6 is 0 Å². The van der Waals surface area contributed by atoms with Gasteiger partial charge in [0.15, 0.2) is 0 Å². The van der Waals surface area contributed by atoms with Crippen LogP contribution in [0.15, 0.2) is 6.08 Å². The molecule has 0 aliphatic carbocycles. The Bertz CT molecular complexity index is 112. The highest BCUT2D eigenvalue weighted by molar-refractivity contribution is 4.61. The van der Waals surface area contributed by atoms with Gasteiger partial charge in [-0.3, -0.25) is 10.1 Å². The molecule has 0 aliphatic rings. The molecule has 3 nitrogen and oxygen atoms in total. The van der Waals surface area contributed by atoms with E-state index in [0.29, 0.717) is 6.42 Å². The SMILES string of the molecule is [CH]=CCCCCC[N+](=O)[O-]. The quantitative estimate of drug-likeness (QED) is 0.322. The van der Waals surface area contributed by atoms with Crippen molar-refractivity contribution in [3.8, 4) is 0 Å². The van der Waals surface area contributed by atoms with Crippen molar-refractivity contribution in [2.24, 2.45) is 0 Å². The summed E-state index contributed by atoms with van der Waals surface area (Å²) in [6, 6.07) is 0. The third-order valence-electron chi connectivity index (χ3n) is 1.21. The summed E-state index contributed by atoms with van der Waals surface area (Å²) in [6.07, 6.45) is 4.98. The van der Waals surface area contributed by atoms with E-state index in [0.717, 1.165) is 19.3 Å². The Kier molecular flexibility index (Phi) is 5.72. The lowest BCUT2D eigenvalue weighted by atomic mass is 10.2. The van der Waals surface area contributed by atoms with Crippen LogP contribution in [0.1, 0.15) is 25.7 Å². The first-order chi connectivity index (χ1) is 4.77. The van der Waals surface area contributed by atoms with Crippen LogP contribution in [0.4, 0.5) is 0 Å². The van der Waals surface area contributed by atoms with Crippen LogP contribution in [0.5, 0.6) is 0 Å². The van der Waals surface area contributed by atoms with Gasteiger partial charge in [-0.25, -0.2) is 0 Å². The zero-order valence-electron chi connectivity index (χ0n) is 5.95. The standard InChI is InChI=1S/C7H12NO2/c1-2-3-4-5-6-7-8(9)10/h1-2H,3-7H2. The van der Waals surface area contributed by atoms with Crippen LogP contribution in [0.25, 0.3) is 0 Å². The summed E-state index contributed by atoms with van der Waals surface area (Å²) < 4.78 is 0. The van der Waals surface area contributed by atoms with Crippen LogP contribution < -0.4 is 0 Å². The number of nitro groups is 1. The summed E-state index contributed by atoms with van der Waals surface area (Å²) >= 11 is 0. The number of hydrogen-bond donors (Lipinski definition) is 0. The van der Waals surface area contributed by atoms with E-state index < -0.39 is 0 Å². The van der Waals surface area contributed by atoms with Crippen molar-refractivity contribution in [3.05, 3.63) is 22.8 Å². The topological polar surface area (TPSA) is 43.1 Å². The minimum Gasteiger partial charge on any atom is -0.265 e. The van der Waals surface area contributed by atoms with Crippen LogP contribution in [0.2, 0.25) is 0 Å². The number of nitrogens with zero attached hydrogens (tertiary/aromatic N) is 1. The van der Waals surface area contributed by atoms with Crippen LogP contribution in [0.3, 0.4) is 0 Å². The molecule has 3 heteroatoms. The van der Waals surface area contributed by atoms with E-state index >= 15 is 0 Å². The fourth-order valence-electron chi connectivity index (χ4n) is 0.680. The van der Waals surface area contributed by atoms with E-state index in [1.54, 1.807) is 6.08 Å². The molecule has 0 aliphatic heterocycles. The molecule has 0 aromatic carbocycles. The molecule has 0 saturated carbocycles. The van der Waals surface area contributed by atoms with Gasteiger partial charge in [0.05, 0.1) is 0 Å². The Morgan fingerprint density at radius 2 is 2.10 bits per heavy atom. The van der Waals surface area contributed by atoms with Gasteiger partial charge in [0, 0.05) is 11.3 Å². The normalized spacial score (nSPS) is 9.20. The average molecular weight is 142 g/mol. The molecule has 57 valence electrons. The molecule has 0 heterocycles. The van der Waals surface area contributed by atoms with E-state index in [1.807, 2.05) is 0 Å². The van der Waals surface area contributed by atoms with Gasteiger partial charge in [-0.15, -0.1) is 0 Å². The van der Waals surface area contributed by atoms with Crippen molar-refractivity contribution in [3.63, 3.8) is 0 Å². The summed E-state index contributed by atoms with van der Waals surface area (Å²) in [5.41, 5.74) is 0. The lowest BCUT2D eigenvalue weighted by molar-refractivity contribution is -0.480. The van der Waals surface area contributed by atoms with E-state index in [2.05, 4.69) is 0 Å². The van der Waals surface area contributed by atoms with Gasteiger partial charge < -0.3 is 0 Å². The molecule has 0 bridgehead atoms. The maximum absolute atomic E-state index is 9.81. The minimum atomic E-state index is -0.286. The highest BCUT2D eigenvalue weighted by Crippen LogP contribution is 1.99. The van der Waals surface area contributed by atoms with Crippen molar-refractivity contribution < 1.29 is 4.92 Å². The summed E-state index contributed by atoms with van der Waals surface area (Å²) in [4.78, 5) is 9.52. The molecule has 0 fully saturated rings. The Morgan fingerprint density at radius 3 is 2.60 bits per heavy atom. The maximum atomic E-state index is 9.81. The molecule has 0 unspecified atom stereocenters. The molecule has 0 amide bonds. The molecule has 0 N–H and O–H groups in total. The second-order valence-corrected chi connectivity index (χ2v) is 2.14. The Hall–Kier alpha value is -0.860. The predicted molar refractivity (Wildman–Crippen MR) is 39.2 cm³/mol.